The number of nitrogens with one attached hydrogen (secondary N) is 1. The van der Waals surface area contributed by atoms with E-state index in [9.17, 15) is 9.90 Å². The molecule has 0 heterocycles. The molecule has 2 rings (SSSR count). The lowest BCUT2D eigenvalue weighted by Gasteiger charge is -2.09. The number of aromatic hydroxyl groups is 1. The summed E-state index contributed by atoms with van der Waals surface area (Å²) in [4.78, 5) is 11.6. The van der Waals surface area contributed by atoms with Crippen LogP contribution in [0.15, 0.2) is 42.5 Å². The summed E-state index contributed by atoms with van der Waals surface area (Å²) in [6.07, 6.45) is -0.669. The highest BCUT2D eigenvalue weighted by Crippen LogP contribution is 2.33. The number of phenolic OH excluding ortho intramolecular Hbond substituents is 1. The lowest BCUT2D eigenvalue weighted by Crippen LogP contribution is -2.13. The van der Waals surface area contributed by atoms with Crippen LogP contribution in [0.1, 0.15) is 5.56 Å². The summed E-state index contributed by atoms with van der Waals surface area (Å²) in [5.41, 5.74) is 1.10. The van der Waals surface area contributed by atoms with Gasteiger partial charge in [0.05, 0.1) is 15.7 Å². The SMILES string of the molecule is O=C(Nc1cc(O)c(Cl)cc1Cl)OCc1ccccc1. The molecule has 104 valence electrons. The Morgan fingerprint density at radius 2 is 1.85 bits per heavy atom. The Hall–Kier alpha value is -1.91. The highest BCUT2D eigenvalue weighted by atomic mass is 35.5. The number of anilines is 1. The van der Waals surface area contributed by atoms with Gasteiger partial charge >= 0.3 is 6.09 Å². The third kappa shape index (κ3) is 3.79. The fraction of sp³-hybridized carbons (Fsp3) is 0.0714. The zero-order valence-corrected chi connectivity index (χ0v) is 11.8. The van der Waals surface area contributed by atoms with Crippen LogP contribution >= 0.6 is 23.2 Å². The topological polar surface area (TPSA) is 58.6 Å². The lowest BCUT2D eigenvalue weighted by atomic mass is 10.2. The molecule has 2 aromatic rings. The highest BCUT2D eigenvalue weighted by molar-refractivity contribution is 6.37. The molecule has 0 radical (unpaired) electrons. The average Bonchev–Trinajstić information content (AvgIpc) is 2.44. The van der Waals surface area contributed by atoms with E-state index in [1.807, 2.05) is 30.3 Å². The number of ether oxygens (including phenoxy) is 1. The van der Waals surface area contributed by atoms with Gasteiger partial charge in [-0.2, -0.15) is 0 Å². The van der Waals surface area contributed by atoms with Gasteiger partial charge in [0.25, 0.3) is 0 Å². The molecule has 0 atom stereocenters. The van der Waals surface area contributed by atoms with Gasteiger partial charge in [-0.3, -0.25) is 5.32 Å². The molecule has 0 aromatic heterocycles. The molecule has 0 saturated carbocycles. The third-order valence-electron chi connectivity index (χ3n) is 2.49. The fourth-order valence-corrected chi connectivity index (χ4v) is 1.93. The summed E-state index contributed by atoms with van der Waals surface area (Å²) in [5, 5.41) is 12.2. The second kappa shape index (κ2) is 6.50. The van der Waals surface area contributed by atoms with E-state index >= 15 is 0 Å². The molecule has 0 aliphatic carbocycles. The number of rotatable bonds is 3. The van der Waals surface area contributed by atoms with Crippen molar-refractivity contribution in [2.45, 2.75) is 6.61 Å². The van der Waals surface area contributed by atoms with Crippen molar-refractivity contribution in [3.63, 3.8) is 0 Å². The summed E-state index contributed by atoms with van der Waals surface area (Å²) in [6, 6.07) is 11.9. The van der Waals surface area contributed by atoms with Crippen molar-refractivity contribution >= 4 is 35.0 Å². The number of benzene rings is 2. The number of phenols is 1. The quantitative estimate of drug-likeness (QED) is 0.880. The van der Waals surface area contributed by atoms with Crippen molar-refractivity contribution < 1.29 is 14.6 Å². The maximum atomic E-state index is 11.6. The van der Waals surface area contributed by atoms with E-state index in [0.717, 1.165) is 5.56 Å². The van der Waals surface area contributed by atoms with Gasteiger partial charge in [0.1, 0.15) is 12.4 Å². The van der Waals surface area contributed by atoms with Crippen LogP contribution in [0.3, 0.4) is 0 Å². The van der Waals surface area contributed by atoms with Crippen molar-refractivity contribution in [1.82, 2.24) is 0 Å². The Labute approximate surface area is 125 Å². The first-order valence-electron chi connectivity index (χ1n) is 5.72. The first-order chi connectivity index (χ1) is 9.56. The average molecular weight is 312 g/mol. The highest BCUT2D eigenvalue weighted by Gasteiger charge is 2.10. The maximum absolute atomic E-state index is 11.6. The molecule has 0 aliphatic rings. The Morgan fingerprint density at radius 3 is 2.55 bits per heavy atom. The molecule has 0 spiro atoms. The smallest absolute Gasteiger partial charge is 0.412 e. The van der Waals surface area contributed by atoms with E-state index < -0.39 is 6.09 Å². The zero-order valence-electron chi connectivity index (χ0n) is 10.3. The Morgan fingerprint density at radius 1 is 1.15 bits per heavy atom. The fourth-order valence-electron chi connectivity index (χ4n) is 1.50. The first-order valence-corrected chi connectivity index (χ1v) is 6.47. The van der Waals surface area contributed by atoms with Gasteiger partial charge in [-0.1, -0.05) is 53.5 Å². The van der Waals surface area contributed by atoms with Crippen LogP contribution in [0, 0.1) is 0 Å². The molecule has 0 aliphatic heterocycles. The molecule has 6 heteroatoms. The van der Waals surface area contributed by atoms with E-state index in [-0.39, 0.29) is 28.1 Å². The van der Waals surface area contributed by atoms with Gasteiger partial charge in [0.15, 0.2) is 0 Å². The van der Waals surface area contributed by atoms with Gasteiger partial charge in [-0.05, 0) is 11.6 Å². The standard InChI is InChI=1S/C14H11Cl2NO3/c15-10-6-11(16)13(18)7-12(10)17-14(19)20-8-9-4-2-1-3-5-9/h1-7,18H,8H2,(H,17,19). The minimum absolute atomic E-state index is 0.109. The molecule has 0 bridgehead atoms. The second-order valence-corrected chi connectivity index (χ2v) is 4.78. The van der Waals surface area contributed by atoms with Crippen LogP contribution in [-0.2, 0) is 11.3 Å². The third-order valence-corrected chi connectivity index (χ3v) is 3.10. The van der Waals surface area contributed by atoms with E-state index in [4.69, 9.17) is 27.9 Å². The largest absolute Gasteiger partial charge is 0.506 e. The zero-order chi connectivity index (χ0) is 14.5. The normalized spacial score (nSPS) is 10.1. The molecule has 4 nitrogen and oxygen atoms in total. The summed E-state index contributed by atoms with van der Waals surface area (Å²) in [7, 11) is 0. The minimum atomic E-state index is -0.669. The number of hydrogen-bond donors (Lipinski definition) is 2. The second-order valence-electron chi connectivity index (χ2n) is 3.97. The van der Waals surface area contributed by atoms with Crippen molar-refractivity contribution in [3.05, 3.63) is 58.1 Å². The van der Waals surface area contributed by atoms with Crippen LogP contribution in [0.5, 0.6) is 5.75 Å². The van der Waals surface area contributed by atoms with Crippen molar-refractivity contribution in [2.24, 2.45) is 0 Å². The van der Waals surface area contributed by atoms with Crippen molar-refractivity contribution in [2.75, 3.05) is 5.32 Å². The number of halogens is 2. The Kier molecular flexibility index (Phi) is 4.71. The predicted octanol–water partition coefficient (Wildman–Crippen LogP) is 4.45. The molecule has 0 saturated heterocycles. The summed E-state index contributed by atoms with van der Waals surface area (Å²) < 4.78 is 5.03. The van der Waals surface area contributed by atoms with Crippen LogP contribution in [0.4, 0.5) is 10.5 Å². The van der Waals surface area contributed by atoms with Crippen LogP contribution < -0.4 is 5.32 Å². The van der Waals surface area contributed by atoms with Gasteiger partial charge in [-0.25, -0.2) is 4.79 Å². The van der Waals surface area contributed by atoms with Gasteiger partial charge in [0, 0.05) is 6.07 Å². The number of amides is 1. The van der Waals surface area contributed by atoms with Gasteiger partial charge in [-0.15, -0.1) is 0 Å². The van der Waals surface area contributed by atoms with E-state index in [1.54, 1.807) is 0 Å². The molecule has 1 amide bonds. The van der Waals surface area contributed by atoms with Crippen LogP contribution in [0.25, 0.3) is 0 Å². The summed E-state index contributed by atoms with van der Waals surface area (Å²) in [5.74, 6) is -0.172. The van der Waals surface area contributed by atoms with E-state index in [1.165, 1.54) is 12.1 Å². The van der Waals surface area contributed by atoms with Crippen LogP contribution in [0.2, 0.25) is 10.0 Å². The maximum Gasteiger partial charge on any atom is 0.412 e. The monoisotopic (exact) mass is 311 g/mol. The van der Waals surface area contributed by atoms with Gasteiger partial charge < -0.3 is 9.84 Å². The summed E-state index contributed by atoms with van der Waals surface area (Å²) in [6.45, 7) is 0.143. The minimum Gasteiger partial charge on any atom is -0.506 e. The van der Waals surface area contributed by atoms with Crippen molar-refractivity contribution in [3.8, 4) is 5.75 Å². The number of carbonyl (C=O) groups is 1. The number of carbonyl (C=O) groups excluding carboxylic acids is 1. The molecular weight excluding hydrogens is 301 g/mol. The Bertz CT molecular complexity index is 617. The predicted molar refractivity (Wildman–Crippen MR) is 78.4 cm³/mol. The molecule has 0 unspecified atom stereocenters. The molecule has 2 aromatic carbocycles. The van der Waals surface area contributed by atoms with E-state index in [0.29, 0.717) is 0 Å². The molecule has 20 heavy (non-hydrogen) atoms. The van der Waals surface area contributed by atoms with Crippen LogP contribution in [-0.4, -0.2) is 11.2 Å². The first kappa shape index (κ1) is 14.5. The van der Waals surface area contributed by atoms with Gasteiger partial charge in [0.2, 0.25) is 0 Å². The summed E-state index contributed by atoms with van der Waals surface area (Å²) >= 11 is 11.6. The Balaban J connectivity index is 1.97. The van der Waals surface area contributed by atoms with E-state index in [2.05, 4.69) is 5.32 Å². The lowest BCUT2D eigenvalue weighted by molar-refractivity contribution is 0.155. The molecule has 0 fully saturated rings. The van der Waals surface area contributed by atoms with Crippen molar-refractivity contribution in [1.29, 1.82) is 0 Å². The number of hydrogen-bond acceptors (Lipinski definition) is 3. The molecular formula is C14H11Cl2NO3. The molecule has 2 N–H and O–H groups in total.